The van der Waals surface area contributed by atoms with Crippen LogP contribution in [0.4, 0.5) is 0 Å². The maximum Gasteiger partial charge on any atom is 0.251 e. The van der Waals surface area contributed by atoms with E-state index >= 15 is 0 Å². The van der Waals surface area contributed by atoms with Gasteiger partial charge in [0.2, 0.25) is 0 Å². The number of amides is 1. The van der Waals surface area contributed by atoms with Crippen LogP contribution in [0.25, 0.3) is 11.3 Å². The molecule has 2 heterocycles. The summed E-state index contributed by atoms with van der Waals surface area (Å²) in [4.78, 5) is 16.4. The van der Waals surface area contributed by atoms with Crippen molar-refractivity contribution in [3.8, 4) is 11.3 Å². The molecule has 24 heavy (non-hydrogen) atoms. The molecule has 0 radical (unpaired) electrons. The average Bonchev–Trinajstić information content (AvgIpc) is 2.94. The minimum atomic E-state index is -0.0800. The molecule has 122 valence electrons. The monoisotopic (exact) mass is 320 g/mol. The molecule has 3 rings (SSSR count). The maximum atomic E-state index is 12.4. The Kier molecular flexibility index (Phi) is 4.42. The molecule has 0 aliphatic heterocycles. The Labute approximate surface area is 141 Å². The fourth-order valence-corrected chi connectivity index (χ4v) is 2.74. The summed E-state index contributed by atoms with van der Waals surface area (Å²) in [5, 5.41) is 7.41. The van der Waals surface area contributed by atoms with Crippen molar-refractivity contribution in [1.29, 1.82) is 0 Å². The van der Waals surface area contributed by atoms with Crippen molar-refractivity contribution >= 4 is 5.91 Å². The normalized spacial score (nSPS) is 10.6. The number of aromatic nitrogens is 3. The zero-order valence-electron chi connectivity index (χ0n) is 14.1. The van der Waals surface area contributed by atoms with Crippen molar-refractivity contribution in [2.24, 2.45) is 7.05 Å². The molecular weight excluding hydrogens is 300 g/mol. The summed E-state index contributed by atoms with van der Waals surface area (Å²) in [5.41, 5.74) is 5.69. The van der Waals surface area contributed by atoms with Gasteiger partial charge in [0.25, 0.3) is 5.91 Å². The number of carbonyl (C=O) groups is 1. The fourth-order valence-electron chi connectivity index (χ4n) is 2.74. The van der Waals surface area contributed by atoms with Gasteiger partial charge in [0.1, 0.15) is 0 Å². The molecule has 3 aromatic rings. The molecule has 5 heteroatoms. The van der Waals surface area contributed by atoms with Crippen LogP contribution in [-0.4, -0.2) is 20.7 Å². The topological polar surface area (TPSA) is 59.8 Å². The lowest BCUT2D eigenvalue weighted by molar-refractivity contribution is 0.0949. The van der Waals surface area contributed by atoms with Crippen molar-refractivity contribution in [3.05, 3.63) is 71.2 Å². The summed E-state index contributed by atoms with van der Waals surface area (Å²) in [7, 11) is 1.89. The highest BCUT2D eigenvalue weighted by molar-refractivity contribution is 5.95. The van der Waals surface area contributed by atoms with Gasteiger partial charge in [-0.1, -0.05) is 17.7 Å². The van der Waals surface area contributed by atoms with Crippen LogP contribution in [0.3, 0.4) is 0 Å². The lowest BCUT2D eigenvalue weighted by Gasteiger charge is -2.07. The smallest absolute Gasteiger partial charge is 0.251 e. The lowest BCUT2D eigenvalue weighted by atomic mass is 10.1. The fraction of sp³-hybridized carbons (Fsp3) is 0.211. The first-order chi connectivity index (χ1) is 11.5. The second-order valence-corrected chi connectivity index (χ2v) is 5.88. The Morgan fingerprint density at radius 1 is 1.12 bits per heavy atom. The highest BCUT2D eigenvalue weighted by Crippen LogP contribution is 2.19. The Morgan fingerprint density at radius 3 is 2.58 bits per heavy atom. The second kappa shape index (κ2) is 6.66. The number of benzene rings is 1. The van der Waals surface area contributed by atoms with Gasteiger partial charge in [-0.25, -0.2) is 0 Å². The van der Waals surface area contributed by atoms with Gasteiger partial charge >= 0.3 is 0 Å². The van der Waals surface area contributed by atoms with E-state index in [9.17, 15) is 4.79 Å². The first-order valence-corrected chi connectivity index (χ1v) is 7.83. The third kappa shape index (κ3) is 3.35. The van der Waals surface area contributed by atoms with E-state index in [1.807, 2.05) is 62.0 Å². The number of hydrogen-bond acceptors (Lipinski definition) is 3. The van der Waals surface area contributed by atoms with Crippen molar-refractivity contribution in [3.63, 3.8) is 0 Å². The Balaban J connectivity index is 1.72. The number of rotatable bonds is 4. The van der Waals surface area contributed by atoms with Crippen LogP contribution in [0.1, 0.15) is 27.2 Å². The van der Waals surface area contributed by atoms with Crippen LogP contribution >= 0.6 is 0 Å². The van der Waals surface area contributed by atoms with E-state index in [1.165, 1.54) is 0 Å². The third-order valence-corrected chi connectivity index (χ3v) is 3.96. The van der Waals surface area contributed by atoms with Gasteiger partial charge in [-0.05, 0) is 43.7 Å². The van der Waals surface area contributed by atoms with E-state index < -0.39 is 0 Å². The molecule has 0 saturated heterocycles. The van der Waals surface area contributed by atoms with Gasteiger partial charge in [-0.2, -0.15) is 5.10 Å². The molecule has 0 unspecified atom stereocenters. The van der Waals surface area contributed by atoms with Crippen molar-refractivity contribution < 1.29 is 4.79 Å². The van der Waals surface area contributed by atoms with Crippen molar-refractivity contribution in [2.75, 3.05) is 0 Å². The van der Waals surface area contributed by atoms with E-state index in [1.54, 1.807) is 12.4 Å². The van der Waals surface area contributed by atoms with Gasteiger partial charge in [-0.3, -0.25) is 14.5 Å². The predicted octanol–water partition coefficient (Wildman–Crippen LogP) is 3.03. The van der Waals surface area contributed by atoms with Gasteiger partial charge in [0.15, 0.2) is 0 Å². The predicted molar refractivity (Wildman–Crippen MR) is 93.5 cm³/mol. The Morgan fingerprint density at radius 2 is 1.88 bits per heavy atom. The Hall–Kier alpha value is -2.95. The minimum absolute atomic E-state index is 0.0800. The van der Waals surface area contributed by atoms with E-state index in [4.69, 9.17) is 0 Å². The molecule has 0 spiro atoms. The molecule has 0 saturated carbocycles. The molecular formula is C19H20N4O. The van der Waals surface area contributed by atoms with Crippen LogP contribution in [0.2, 0.25) is 0 Å². The minimum Gasteiger partial charge on any atom is -0.346 e. The van der Waals surface area contributed by atoms with Gasteiger partial charge in [0.05, 0.1) is 17.9 Å². The van der Waals surface area contributed by atoms with Gasteiger partial charge in [-0.15, -0.1) is 0 Å². The van der Waals surface area contributed by atoms with Crippen LogP contribution in [0, 0.1) is 13.8 Å². The Bertz CT molecular complexity index is 868. The van der Waals surface area contributed by atoms with E-state index in [-0.39, 0.29) is 5.91 Å². The molecule has 0 bridgehead atoms. The van der Waals surface area contributed by atoms with Crippen molar-refractivity contribution in [2.45, 2.75) is 20.4 Å². The van der Waals surface area contributed by atoms with Crippen molar-refractivity contribution in [1.82, 2.24) is 20.1 Å². The number of nitrogens with zero attached hydrogens (tertiary/aromatic N) is 3. The summed E-state index contributed by atoms with van der Waals surface area (Å²) in [6.45, 7) is 4.36. The van der Waals surface area contributed by atoms with E-state index in [0.717, 1.165) is 28.1 Å². The molecule has 2 aromatic heterocycles. The number of pyridine rings is 1. The highest BCUT2D eigenvalue weighted by atomic mass is 16.1. The van der Waals surface area contributed by atoms with Crippen LogP contribution < -0.4 is 5.32 Å². The van der Waals surface area contributed by atoms with Gasteiger partial charge < -0.3 is 5.32 Å². The van der Waals surface area contributed by atoms with E-state index in [2.05, 4.69) is 15.4 Å². The molecule has 0 atom stereocenters. The lowest BCUT2D eigenvalue weighted by Crippen LogP contribution is -2.23. The third-order valence-electron chi connectivity index (χ3n) is 3.96. The quantitative estimate of drug-likeness (QED) is 0.804. The molecule has 0 aliphatic carbocycles. The highest BCUT2D eigenvalue weighted by Gasteiger charge is 2.11. The number of nitrogens with one attached hydrogen (secondary N) is 1. The molecule has 1 amide bonds. The summed E-state index contributed by atoms with van der Waals surface area (Å²) in [6, 6.07) is 11.7. The largest absolute Gasteiger partial charge is 0.346 e. The van der Waals surface area contributed by atoms with Crippen LogP contribution in [0.5, 0.6) is 0 Å². The molecule has 1 N–H and O–H groups in total. The number of carbonyl (C=O) groups excluding carboxylic acids is 1. The zero-order chi connectivity index (χ0) is 17.1. The summed E-state index contributed by atoms with van der Waals surface area (Å²) < 4.78 is 1.81. The molecule has 1 aromatic carbocycles. The van der Waals surface area contributed by atoms with Crippen LogP contribution in [0.15, 0.2) is 48.8 Å². The second-order valence-electron chi connectivity index (χ2n) is 5.88. The standard InChI is InChI=1S/C19H20N4O/c1-13-4-5-17(14(2)10-13)19(24)21-12-16-11-18(23(3)22-16)15-6-8-20-9-7-15/h4-11H,12H2,1-3H3,(H,21,24). The molecule has 0 fully saturated rings. The van der Waals surface area contributed by atoms with Gasteiger partial charge in [0, 0.05) is 30.6 Å². The SMILES string of the molecule is Cc1ccc(C(=O)NCc2cc(-c3ccncc3)n(C)n2)c(C)c1. The van der Waals surface area contributed by atoms with Crippen LogP contribution in [-0.2, 0) is 13.6 Å². The zero-order valence-corrected chi connectivity index (χ0v) is 14.1. The summed E-state index contributed by atoms with van der Waals surface area (Å²) in [5.74, 6) is -0.0800. The molecule has 5 nitrogen and oxygen atoms in total. The first-order valence-electron chi connectivity index (χ1n) is 7.83. The molecule has 0 aliphatic rings. The summed E-state index contributed by atoms with van der Waals surface area (Å²) >= 11 is 0. The van der Waals surface area contributed by atoms with E-state index in [0.29, 0.717) is 12.1 Å². The average molecular weight is 320 g/mol. The number of aryl methyl sites for hydroxylation is 3. The summed E-state index contributed by atoms with van der Waals surface area (Å²) in [6.07, 6.45) is 3.51. The number of hydrogen-bond donors (Lipinski definition) is 1. The first kappa shape index (κ1) is 15.9. The maximum absolute atomic E-state index is 12.4.